The van der Waals surface area contributed by atoms with Gasteiger partial charge in [-0.1, -0.05) is 50.2 Å². The summed E-state index contributed by atoms with van der Waals surface area (Å²) < 4.78 is 10.5. The van der Waals surface area contributed by atoms with Crippen molar-refractivity contribution in [2.24, 2.45) is 0 Å². The van der Waals surface area contributed by atoms with Crippen LogP contribution in [0.2, 0.25) is 0 Å². The van der Waals surface area contributed by atoms with Crippen LogP contribution in [0.5, 0.6) is 0 Å². The quantitative estimate of drug-likeness (QED) is 0.627. The average Bonchev–Trinajstić information content (AvgIpc) is 2.79. The van der Waals surface area contributed by atoms with Gasteiger partial charge in [-0.15, -0.1) is 0 Å². The fourth-order valence-electron chi connectivity index (χ4n) is 3.44. The molecule has 0 aliphatic carbocycles. The van der Waals surface area contributed by atoms with Gasteiger partial charge in [-0.2, -0.15) is 0 Å². The van der Waals surface area contributed by atoms with Crippen LogP contribution in [0.25, 0.3) is 0 Å². The summed E-state index contributed by atoms with van der Waals surface area (Å²) in [7, 11) is 0. The Kier molecular flexibility index (Phi) is 8.62. The highest BCUT2D eigenvalue weighted by molar-refractivity contribution is 5.91. The molecule has 6 heteroatoms. The second-order valence-electron chi connectivity index (χ2n) is 8.16. The zero-order chi connectivity index (χ0) is 22.1. The Bertz CT molecular complexity index is 841. The van der Waals surface area contributed by atoms with Crippen LogP contribution >= 0.6 is 0 Å². The summed E-state index contributed by atoms with van der Waals surface area (Å²) in [6, 6.07) is 15.8. The summed E-state index contributed by atoms with van der Waals surface area (Å²) in [6.07, 6.45) is 0.739. The van der Waals surface area contributed by atoms with E-state index >= 15 is 0 Å². The lowest BCUT2D eigenvalue weighted by molar-refractivity contribution is -0.124. The van der Waals surface area contributed by atoms with E-state index in [-0.39, 0.29) is 12.5 Å². The third kappa shape index (κ3) is 7.49. The van der Waals surface area contributed by atoms with Crippen LogP contribution in [0, 0.1) is 0 Å². The molecular formula is C25H32N2O4. The number of nitrogens with zero attached hydrogens (tertiary/aromatic N) is 1. The predicted octanol–water partition coefficient (Wildman–Crippen LogP) is 3.16. The highest BCUT2D eigenvalue weighted by atomic mass is 16.5. The molecule has 0 aromatic heterocycles. The molecule has 2 aromatic rings. The van der Waals surface area contributed by atoms with Crippen molar-refractivity contribution in [1.29, 1.82) is 0 Å². The van der Waals surface area contributed by atoms with Gasteiger partial charge in [0.05, 0.1) is 18.8 Å². The standard InChI is InChI=1S/C25H32N2O4/c1-19(2)22-7-3-20(4-8-22)11-12-26-24(28)18-31-25(29)23-9-5-21(6-10-23)17-27-13-15-30-16-14-27/h3-10,19H,11-18H2,1-2H3,(H,26,28). The maximum atomic E-state index is 12.2. The van der Waals surface area contributed by atoms with Crippen molar-refractivity contribution >= 4 is 11.9 Å². The van der Waals surface area contributed by atoms with Crippen molar-refractivity contribution in [2.75, 3.05) is 39.5 Å². The summed E-state index contributed by atoms with van der Waals surface area (Å²) in [5.74, 6) is -0.280. The largest absolute Gasteiger partial charge is 0.452 e. The number of amides is 1. The van der Waals surface area contributed by atoms with Crippen molar-refractivity contribution < 1.29 is 19.1 Å². The minimum Gasteiger partial charge on any atom is -0.452 e. The molecule has 0 radical (unpaired) electrons. The van der Waals surface area contributed by atoms with E-state index in [4.69, 9.17) is 9.47 Å². The van der Waals surface area contributed by atoms with E-state index in [0.29, 0.717) is 18.0 Å². The van der Waals surface area contributed by atoms with Crippen molar-refractivity contribution in [1.82, 2.24) is 10.2 Å². The number of rotatable bonds is 9. The van der Waals surface area contributed by atoms with E-state index in [0.717, 1.165) is 44.8 Å². The van der Waals surface area contributed by atoms with E-state index in [1.54, 1.807) is 12.1 Å². The normalized spacial score (nSPS) is 14.4. The van der Waals surface area contributed by atoms with Crippen LogP contribution in [-0.2, 0) is 27.2 Å². The number of carbonyl (C=O) groups is 2. The lowest BCUT2D eigenvalue weighted by Gasteiger charge is -2.26. The Morgan fingerprint density at radius 2 is 1.65 bits per heavy atom. The molecule has 166 valence electrons. The number of esters is 1. The number of nitrogens with one attached hydrogen (secondary N) is 1. The number of hydrogen-bond donors (Lipinski definition) is 1. The molecule has 1 aliphatic heterocycles. The van der Waals surface area contributed by atoms with Crippen molar-refractivity contribution in [2.45, 2.75) is 32.7 Å². The van der Waals surface area contributed by atoms with Crippen LogP contribution in [0.4, 0.5) is 0 Å². The molecule has 1 heterocycles. The summed E-state index contributed by atoms with van der Waals surface area (Å²) >= 11 is 0. The SMILES string of the molecule is CC(C)c1ccc(CCNC(=O)COC(=O)c2ccc(CN3CCOCC3)cc2)cc1. The Labute approximate surface area is 184 Å². The third-order valence-electron chi connectivity index (χ3n) is 5.42. The first-order valence-corrected chi connectivity index (χ1v) is 10.9. The minimum absolute atomic E-state index is 0.277. The summed E-state index contributed by atoms with van der Waals surface area (Å²) in [6.45, 7) is 8.75. The second kappa shape index (κ2) is 11.6. The fraction of sp³-hybridized carbons (Fsp3) is 0.440. The number of benzene rings is 2. The monoisotopic (exact) mass is 424 g/mol. The molecule has 2 aromatic carbocycles. The Morgan fingerprint density at radius 3 is 2.29 bits per heavy atom. The minimum atomic E-state index is -0.489. The van der Waals surface area contributed by atoms with Crippen LogP contribution in [0.1, 0.15) is 46.8 Å². The molecule has 3 rings (SSSR count). The lowest BCUT2D eigenvalue weighted by Crippen LogP contribution is -2.35. The Morgan fingerprint density at radius 1 is 1.00 bits per heavy atom. The van der Waals surface area contributed by atoms with Gasteiger partial charge in [0, 0.05) is 26.2 Å². The molecule has 1 aliphatic rings. The number of ether oxygens (including phenoxy) is 2. The highest BCUT2D eigenvalue weighted by Gasteiger charge is 2.13. The van der Waals surface area contributed by atoms with Gasteiger partial charge >= 0.3 is 5.97 Å². The van der Waals surface area contributed by atoms with Gasteiger partial charge in [0.25, 0.3) is 5.91 Å². The molecular weight excluding hydrogens is 392 g/mol. The second-order valence-corrected chi connectivity index (χ2v) is 8.16. The van der Waals surface area contributed by atoms with Gasteiger partial charge in [-0.05, 0) is 41.2 Å². The van der Waals surface area contributed by atoms with E-state index in [2.05, 4.69) is 48.3 Å². The topological polar surface area (TPSA) is 67.9 Å². The molecule has 31 heavy (non-hydrogen) atoms. The Hall–Kier alpha value is -2.70. The zero-order valence-corrected chi connectivity index (χ0v) is 18.4. The van der Waals surface area contributed by atoms with E-state index in [1.165, 1.54) is 11.1 Å². The van der Waals surface area contributed by atoms with Gasteiger partial charge in [0.2, 0.25) is 0 Å². The fourth-order valence-corrected chi connectivity index (χ4v) is 3.44. The van der Waals surface area contributed by atoms with Crippen molar-refractivity contribution in [3.05, 3.63) is 70.8 Å². The van der Waals surface area contributed by atoms with Crippen molar-refractivity contribution in [3.8, 4) is 0 Å². The zero-order valence-electron chi connectivity index (χ0n) is 18.4. The third-order valence-corrected chi connectivity index (χ3v) is 5.42. The van der Waals surface area contributed by atoms with Crippen LogP contribution in [0.15, 0.2) is 48.5 Å². The molecule has 1 N–H and O–H groups in total. The van der Waals surface area contributed by atoms with E-state index in [9.17, 15) is 9.59 Å². The molecule has 6 nitrogen and oxygen atoms in total. The first-order valence-electron chi connectivity index (χ1n) is 10.9. The molecule has 0 atom stereocenters. The molecule has 0 bridgehead atoms. The number of morpholine rings is 1. The van der Waals surface area contributed by atoms with E-state index in [1.807, 2.05) is 12.1 Å². The maximum absolute atomic E-state index is 12.2. The molecule has 1 amide bonds. The van der Waals surface area contributed by atoms with Gasteiger partial charge in [-0.3, -0.25) is 9.69 Å². The summed E-state index contributed by atoms with van der Waals surface area (Å²) in [5, 5.41) is 2.80. The lowest BCUT2D eigenvalue weighted by atomic mass is 10.0. The molecule has 1 saturated heterocycles. The van der Waals surface area contributed by atoms with Crippen LogP contribution < -0.4 is 5.32 Å². The first-order chi connectivity index (χ1) is 15.0. The van der Waals surface area contributed by atoms with Gasteiger partial charge in [0.1, 0.15) is 0 Å². The van der Waals surface area contributed by atoms with E-state index < -0.39 is 5.97 Å². The van der Waals surface area contributed by atoms with Gasteiger partial charge in [-0.25, -0.2) is 4.79 Å². The number of carbonyl (C=O) groups excluding carboxylic acids is 2. The summed E-state index contributed by atoms with van der Waals surface area (Å²) in [4.78, 5) is 26.5. The molecule has 1 fully saturated rings. The highest BCUT2D eigenvalue weighted by Crippen LogP contribution is 2.15. The average molecular weight is 425 g/mol. The molecule has 0 spiro atoms. The van der Waals surface area contributed by atoms with Crippen molar-refractivity contribution in [3.63, 3.8) is 0 Å². The maximum Gasteiger partial charge on any atom is 0.338 e. The number of hydrogen-bond acceptors (Lipinski definition) is 5. The molecule has 0 unspecified atom stereocenters. The van der Waals surface area contributed by atoms with Gasteiger partial charge < -0.3 is 14.8 Å². The molecule has 0 saturated carbocycles. The smallest absolute Gasteiger partial charge is 0.338 e. The van der Waals surface area contributed by atoms with Crippen LogP contribution in [-0.4, -0.2) is 56.2 Å². The predicted molar refractivity (Wildman–Crippen MR) is 120 cm³/mol. The summed E-state index contributed by atoms with van der Waals surface area (Å²) in [5.41, 5.74) is 4.05. The Balaban J connectivity index is 1.36. The van der Waals surface area contributed by atoms with Crippen LogP contribution in [0.3, 0.4) is 0 Å². The van der Waals surface area contributed by atoms with Gasteiger partial charge in [0.15, 0.2) is 6.61 Å². The first kappa shape index (κ1) is 23.0.